The predicted octanol–water partition coefficient (Wildman–Crippen LogP) is -2.17. The Labute approximate surface area is 114 Å². The first-order chi connectivity index (χ1) is 9.43. The largest absolute Gasteiger partial charge is 0.394 e. The third kappa shape index (κ3) is 2.17. The fourth-order valence-electron chi connectivity index (χ4n) is 2.22. The van der Waals surface area contributed by atoms with Gasteiger partial charge in [0.25, 0.3) is 0 Å². The molecule has 1 aliphatic rings. The van der Waals surface area contributed by atoms with Gasteiger partial charge in [0.05, 0.1) is 6.61 Å². The summed E-state index contributed by atoms with van der Waals surface area (Å²) in [7, 11) is 0. The monoisotopic (exact) mass is 281 g/mol. The lowest BCUT2D eigenvalue weighted by Gasteiger charge is -2.28. The van der Waals surface area contributed by atoms with Gasteiger partial charge >= 0.3 is 5.69 Å². The summed E-state index contributed by atoms with van der Waals surface area (Å²) in [6, 6.07) is 1.35. The Bertz CT molecular complexity index is 595. The van der Waals surface area contributed by atoms with Crippen LogP contribution in [0.5, 0.6) is 0 Å². The third-order valence-corrected chi connectivity index (χ3v) is 3.32. The van der Waals surface area contributed by atoms with E-state index in [1.54, 1.807) is 0 Å². The van der Waals surface area contributed by atoms with Gasteiger partial charge < -0.3 is 25.8 Å². The lowest BCUT2D eigenvalue weighted by molar-refractivity contribution is -0.0892. The lowest BCUT2D eigenvalue weighted by Crippen LogP contribution is -2.49. The van der Waals surface area contributed by atoms with E-state index in [0.29, 0.717) is 0 Å². The normalized spacial score (nSPS) is 33.0. The van der Waals surface area contributed by atoms with Crippen molar-refractivity contribution < 1.29 is 20.1 Å². The summed E-state index contributed by atoms with van der Waals surface area (Å²) in [6.07, 6.45) is 2.41. The van der Waals surface area contributed by atoms with Crippen molar-refractivity contribution in [3.63, 3.8) is 0 Å². The summed E-state index contributed by atoms with van der Waals surface area (Å²) in [5.74, 6) is 2.24. The van der Waals surface area contributed by atoms with E-state index in [-0.39, 0.29) is 12.2 Å². The zero-order valence-electron chi connectivity index (χ0n) is 10.5. The Morgan fingerprint density at radius 3 is 2.90 bits per heavy atom. The van der Waals surface area contributed by atoms with Crippen molar-refractivity contribution in [2.75, 3.05) is 12.3 Å². The molecule has 0 saturated carbocycles. The molecular weight excluding hydrogens is 266 g/mol. The molecule has 5 N–H and O–H groups in total. The van der Waals surface area contributed by atoms with Gasteiger partial charge in [-0.3, -0.25) is 4.57 Å². The van der Waals surface area contributed by atoms with Crippen LogP contribution in [-0.2, 0) is 4.74 Å². The van der Waals surface area contributed by atoms with Gasteiger partial charge in [0.1, 0.15) is 23.6 Å². The molecule has 108 valence electrons. The molecule has 2 rings (SSSR count). The van der Waals surface area contributed by atoms with E-state index in [0.717, 1.165) is 4.57 Å². The minimum Gasteiger partial charge on any atom is -0.394 e. The van der Waals surface area contributed by atoms with Gasteiger partial charge in [0.2, 0.25) is 0 Å². The van der Waals surface area contributed by atoms with Crippen molar-refractivity contribution >= 4 is 5.82 Å². The number of rotatable bonds is 3. The highest BCUT2D eigenvalue weighted by atomic mass is 16.6. The second-order valence-corrected chi connectivity index (χ2v) is 4.56. The number of aliphatic hydroxyl groups is 3. The molecule has 0 amide bonds. The Morgan fingerprint density at radius 2 is 2.35 bits per heavy atom. The Kier molecular flexibility index (Phi) is 3.78. The molecule has 0 radical (unpaired) electrons. The summed E-state index contributed by atoms with van der Waals surface area (Å²) in [5.41, 5.74) is 2.79. The van der Waals surface area contributed by atoms with E-state index >= 15 is 0 Å². The molecule has 1 aromatic rings. The maximum atomic E-state index is 11.7. The molecule has 8 nitrogen and oxygen atoms in total. The van der Waals surface area contributed by atoms with Crippen LogP contribution in [0.3, 0.4) is 0 Å². The lowest BCUT2D eigenvalue weighted by atomic mass is 9.89. The van der Waals surface area contributed by atoms with Gasteiger partial charge in [0, 0.05) is 12.6 Å². The van der Waals surface area contributed by atoms with Crippen molar-refractivity contribution in [2.24, 2.45) is 0 Å². The number of nitrogen functional groups attached to an aromatic ring is 1. The van der Waals surface area contributed by atoms with E-state index in [2.05, 4.69) is 10.9 Å². The summed E-state index contributed by atoms with van der Waals surface area (Å²) in [6.45, 7) is -0.553. The van der Waals surface area contributed by atoms with Crippen LogP contribution in [0, 0.1) is 12.3 Å². The van der Waals surface area contributed by atoms with Gasteiger partial charge in [-0.1, -0.05) is 0 Å². The maximum absolute atomic E-state index is 11.7. The second-order valence-electron chi connectivity index (χ2n) is 4.56. The third-order valence-electron chi connectivity index (χ3n) is 3.32. The van der Waals surface area contributed by atoms with E-state index in [9.17, 15) is 20.1 Å². The summed E-state index contributed by atoms with van der Waals surface area (Å²) < 4.78 is 6.32. The minimum atomic E-state index is -1.84. The highest BCUT2D eigenvalue weighted by Gasteiger charge is 2.55. The number of nitrogens with zero attached hydrogens (tertiary/aromatic N) is 2. The van der Waals surface area contributed by atoms with Crippen LogP contribution in [0.4, 0.5) is 5.82 Å². The molecule has 0 spiro atoms. The first-order valence-electron chi connectivity index (χ1n) is 5.89. The fourth-order valence-corrected chi connectivity index (χ4v) is 2.22. The number of hydrogen-bond acceptors (Lipinski definition) is 7. The SMILES string of the molecule is C#CC[C@@]1(O)[C@@H](CO)O[C@@H](n2ccc(N)nc2=O)[C@@H]1O. The van der Waals surface area contributed by atoms with Gasteiger partial charge in [-0.05, 0) is 6.07 Å². The smallest absolute Gasteiger partial charge is 0.351 e. The zero-order valence-corrected chi connectivity index (χ0v) is 10.5. The van der Waals surface area contributed by atoms with Crippen molar-refractivity contribution in [1.82, 2.24) is 9.55 Å². The quantitative estimate of drug-likeness (QED) is 0.464. The van der Waals surface area contributed by atoms with Crippen LogP contribution in [-0.4, -0.2) is 49.3 Å². The van der Waals surface area contributed by atoms with Crippen molar-refractivity contribution in [3.8, 4) is 12.3 Å². The van der Waals surface area contributed by atoms with E-state index in [1.165, 1.54) is 12.3 Å². The summed E-state index contributed by atoms with van der Waals surface area (Å²) in [4.78, 5) is 15.2. The number of aliphatic hydroxyl groups excluding tert-OH is 2. The average Bonchev–Trinajstić information content (AvgIpc) is 2.63. The number of nitrogens with two attached hydrogens (primary N) is 1. The number of anilines is 1. The first kappa shape index (κ1) is 14.5. The zero-order chi connectivity index (χ0) is 14.9. The molecule has 1 saturated heterocycles. The van der Waals surface area contributed by atoms with Crippen molar-refractivity contribution in [1.29, 1.82) is 0 Å². The van der Waals surface area contributed by atoms with Crippen LogP contribution in [0.15, 0.2) is 17.1 Å². The molecule has 8 heteroatoms. The average molecular weight is 281 g/mol. The van der Waals surface area contributed by atoms with E-state index in [4.69, 9.17) is 16.9 Å². The van der Waals surface area contributed by atoms with Gasteiger partial charge in [-0.15, -0.1) is 12.3 Å². The summed E-state index contributed by atoms with van der Waals surface area (Å²) in [5, 5.41) is 29.8. The van der Waals surface area contributed by atoms with Crippen molar-refractivity contribution in [2.45, 2.75) is 30.5 Å². The standard InChI is InChI=1S/C12H15N3O5/c1-2-4-12(19)7(6-16)20-10(9(12)17)15-5-3-8(13)14-11(15)18/h1,3,5,7,9-10,16-17,19H,4,6H2,(H2,13,14,18)/t7-,9+,10-,12-/m1/s1. The predicted molar refractivity (Wildman–Crippen MR) is 68.3 cm³/mol. The molecular formula is C12H15N3O5. The topological polar surface area (TPSA) is 131 Å². The van der Waals surface area contributed by atoms with Crippen LogP contribution in [0.2, 0.25) is 0 Å². The molecule has 20 heavy (non-hydrogen) atoms. The number of hydrogen-bond donors (Lipinski definition) is 4. The molecule has 1 aromatic heterocycles. The highest BCUT2D eigenvalue weighted by Crippen LogP contribution is 2.38. The Morgan fingerprint density at radius 1 is 1.65 bits per heavy atom. The Balaban J connectivity index is 2.40. The molecule has 4 atom stereocenters. The fraction of sp³-hybridized carbons (Fsp3) is 0.500. The maximum Gasteiger partial charge on any atom is 0.351 e. The molecule has 2 heterocycles. The molecule has 0 aliphatic carbocycles. The highest BCUT2D eigenvalue weighted by molar-refractivity contribution is 5.24. The number of terminal acetylenes is 1. The molecule has 1 aliphatic heterocycles. The number of aromatic nitrogens is 2. The van der Waals surface area contributed by atoms with Crippen LogP contribution < -0.4 is 11.4 Å². The first-order valence-corrected chi connectivity index (χ1v) is 5.89. The van der Waals surface area contributed by atoms with Crippen LogP contribution >= 0.6 is 0 Å². The van der Waals surface area contributed by atoms with Gasteiger partial charge in [-0.2, -0.15) is 4.98 Å². The Hall–Kier alpha value is -1.92. The molecule has 0 aromatic carbocycles. The molecule has 0 unspecified atom stereocenters. The molecule has 0 bridgehead atoms. The van der Waals surface area contributed by atoms with Crippen LogP contribution in [0.25, 0.3) is 0 Å². The molecule has 1 fully saturated rings. The van der Waals surface area contributed by atoms with E-state index < -0.39 is 36.3 Å². The van der Waals surface area contributed by atoms with Gasteiger partial charge in [0.15, 0.2) is 6.23 Å². The van der Waals surface area contributed by atoms with Gasteiger partial charge in [-0.25, -0.2) is 4.79 Å². The van der Waals surface area contributed by atoms with Crippen LogP contribution in [0.1, 0.15) is 12.6 Å². The minimum absolute atomic E-state index is 0.0244. The second kappa shape index (κ2) is 5.22. The summed E-state index contributed by atoms with van der Waals surface area (Å²) >= 11 is 0. The number of ether oxygens (including phenoxy) is 1. The van der Waals surface area contributed by atoms with Crippen molar-refractivity contribution in [3.05, 3.63) is 22.7 Å². The van der Waals surface area contributed by atoms with E-state index in [1.807, 2.05) is 0 Å².